The Hall–Kier alpha value is -1.07. The summed E-state index contributed by atoms with van der Waals surface area (Å²) in [7, 11) is 0. The molecule has 98 valence electrons. The maximum absolute atomic E-state index is 11.8. The van der Waals surface area contributed by atoms with Gasteiger partial charge in [-0.15, -0.1) is 0 Å². The van der Waals surface area contributed by atoms with Gasteiger partial charge in [-0.2, -0.15) is 0 Å². The van der Waals surface area contributed by atoms with Crippen molar-refractivity contribution in [2.24, 2.45) is 5.92 Å². The first-order chi connectivity index (χ1) is 8.61. The second-order valence-corrected chi connectivity index (χ2v) is 5.38. The first kappa shape index (κ1) is 13.4. The molecule has 4 nitrogen and oxygen atoms in total. The quantitative estimate of drug-likeness (QED) is 0.933. The van der Waals surface area contributed by atoms with Crippen molar-refractivity contribution in [2.75, 3.05) is 24.7 Å². The lowest BCUT2D eigenvalue weighted by atomic mass is 10.1. The van der Waals surface area contributed by atoms with Gasteiger partial charge in [0.25, 0.3) is 0 Å². The van der Waals surface area contributed by atoms with E-state index in [0.717, 1.165) is 15.7 Å². The number of aliphatic hydroxyl groups is 1. The van der Waals surface area contributed by atoms with Crippen LogP contribution in [0.1, 0.15) is 12.0 Å². The average molecular weight is 314 g/mol. The molecule has 1 aliphatic heterocycles. The fourth-order valence-electron chi connectivity index (χ4n) is 2.04. The summed E-state index contributed by atoms with van der Waals surface area (Å²) in [6, 6.07) is 5.84. The van der Waals surface area contributed by atoms with Gasteiger partial charge in [0.2, 0.25) is 0 Å². The molecule has 1 heterocycles. The molecule has 1 aliphatic rings. The highest BCUT2D eigenvalue weighted by Gasteiger charge is 2.29. The van der Waals surface area contributed by atoms with Crippen LogP contribution in [0.15, 0.2) is 22.7 Å². The minimum Gasteiger partial charge on any atom is -0.449 e. The summed E-state index contributed by atoms with van der Waals surface area (Å²) < 4.78 is 6.03. The normalized spacial score (nSPS) is 19.8. The summed E-state index contributed by atoms with van der Waals surface area (Å²) in [6.07, 6.45) is 0.321. The Morgan fingerprint density at radius 2 is 2.33 bits per heavy atom. The number of benzene rings is 1. The lowest BCUT2D eigenvalue weighted by molar-refractivity contribution is 0.104. The van der Waals surface area contributed by atoms with Crippen LogP contribution in [0.4, 0.5) is 10.5 Å². The Bertz CT molecular complexity index is 450. The van der Waals surface area contributed by atoms with E-state index < -0.39 is 0 Å². The summed E-state index contributed by atoms with van der Waals surface area (Å²) in [5.74, 6) is 0.181. The second kappa shape index (κ2) is 5.71. The van der Waals surface area contributed by atoms with Crippen molar-refractivity contribution in [1.29, 1.82) is 0 Å². The van der Waals surface area contributed by atoms with Crippen molar-refractivity contribution in [1.82, 2.24) is 0 Å². The van der Waals surface area contributed by atoms with E-state index in [-0.39, 0.29) is 18.6 Å². The zero-order valence-corrected chi connectivity index (χ0v) is 11.8. The third kappa shape index (κ3) is 2.84. The smallest absolute Gasteiger partial charge is 0.414 e. The summed E-state index contributed by atoms with van der Waals surface area (Å²) >= 11 is 3.47. The summed E-state index contributed by atoms with van der Waals surface area (Å²) in [5, 5.41) is 8.96. The maximum Gasteiger partial charge on any atom is 0.414 e. The molecule has 0 spiro atoms. The molecule has 1 amide bonds. The number of aryl methyl sites for hydroxylation is 1. The van der Waals surface area contributed by atoms with Crippen molar-refractivity contribution in [2.45, 2.75) is 13.3 Å². The van der Waals surface area contributed by atoms with Gasteiger partial charge in [-0.3, -0.25) is 4.90 Å². The molecule has 1 N–H and O–H groups in total. The Labute approximate surface area is 115 Å². The summed E-state index contributed by atoms with van der Waals surface area (Å²) in [4.78, 5) is 13.4. The molecular formula is C13H16BrNO3. The van der Waals surface area contributed by atoms with Gasteiger partial charge in [0, 0.05) is 23.5 Å². The lowest BCUT2D eigenvalue weighted by Gasteiger charge is -2.32. The van der Waals surface area contributed by atoms with E-state index in [1.807, 2.05) is 25.1 Å². The molecule has 1 fully saturated rings. The van der Waals surface area contributed by atoms with E-state index in [2.05, 4.69) is 15.9 Å². The highest BCUT2D eigenvalue weighted by atomic mass is 79.9. The first-order valence-electron chi connectivity index (χ1n) is 5.93. The fraction of sp³-hybridized carbons (Fsp3) is 0.462. The number of carbonyl (C=O) groups excluding carboxylic acids is 1. The molecule has 0 aliphatic carbocycles. The zero-order chi connectivity index (χ0) is 13.1. The standard InChI is InChI=1S/C13H16BrNO3/c1-9-2-3-12(11(14)6-9)15-7-10(4-5-16)8-18-13(15)17/h2-3,6,10,16H,4-5,7-8H2,1H3. The molecule has 2 rings (SSSR count). The maximum atomic E-state index is 11.8. The Morgan fingerprint density at radius 1 is 1.56 bits per heavy atom. The predicted molar refractivity (Wildman–Crippen MR) is 72.8 cm³/mol. The first-order valence-corrected chi connectivity index (χ1v) is 6.72. The van der Waals surface area contributed by atoms with Gasteiger partial charge in [-0.25, -0.2) is 4.79 Å². The Balaban J connectivity index is 2.21. The monoisotopic (exact) mass is 313 g/mol. The molecule has 1 atom stereocenters. The number of halogens is 1. The number of rotatable bonds is 3. The van der Waals surface area contributed by atoms with Crippen LogP contribution in [-0.4, -0.2) is 31.0 Å². The van der Waals surface area contributed by atoms with Gasteiger partial charge in [-0.1, -0.05) is 6.07 Å². The molecule has 1 unspecified atom stereocenters. The number of amides is 1. The zero-order valence-electron chi connectivity index (χ0n) is 10.2. The Morgan fingerprint density at radius 3 is 3.00 bits per heavy atom. The number of anilines is 1. The van der Waals surface area contributed by atoms with E-state index in [0.29, 0.717) is 19.6 Å². The van der Waals surface area contributed by atoms with Crippen molar-refractivity contribution in [3.63, 3.8) is 0 Å². The third-order valence-corrected chi connectivity index (χ3v) is 3.67. The number of aliphatic hydroxyl groups excluding tert-OH is 1. The second-order valence-electron chi connectivity index (χ2n) is 4.52. The number of hydrogen-bond acceptors (Lipinski definition) is 3. The lowest BCUT2D eigenvalue weighted by Crippen LogP contribution is -2.43. The van der Waals surface area contributed by atoms with Crippen LogP contribution in [0, 0.1) is 12.8 Å². The Kier molecular flexibility index (Phi) is 4.24. The van der Waals surface area contributed by atoms with Crippen LogP contribution in [0.5, 0.6) is 0 Å². The van der Waals surface area contributed by atoms with Gasteiger partial charge < -0.3 is 9.84 Å². The highest BCUT2D eigenvalue weighted by Crippen LogP contribution is 2.30. The average Bonchev–Trinajstić information content (AvgIpc) is 2.33. The van der Waals surface area contributed by atoms with Crippen molar-refractivity contribution < 1.29 is 14.6 Å². The van der Waals surface area contributed by atoms with E-state index in [4.69, 9.17) is 9.84 Å². The molecule has 1 aromatic carbocycles. The van der Waals surface area contributed by atoms with Crippen LogP contribution in [0.2, 0.25) is 0 Å². The van der Waals surface area contributed by atoms with Crippen molar-refractivity contribution in [3.8, 4) is 0 Å². The molecule has 18 heavy (non-hydrogen) atoms. The highest BCUT2D eigenvalue weighted by molar-refractivity contribution is 9.10. The number of carbonyl (C=O) groups is 1. The molecule has 0 radical (unpaired) electrons. The minimum atomic E-state index is -0.325. The van der Waals surface area contributed by atoms with Crippen LogP contribution in [0.3, 0.4) is 0 Å². The molecule has 0 saturated carbocycles. The fourth-order valence-corrected chi connectivity index (χ4v) is 2.74. The van der Waals surface area contributed by atoms with Gasteiger partial charge >= 0.3 is 6.09 Å². The topological polar surface area (TPSA) is 49.8 Å². The van der Waals surface area contributed by atoms with Crippen LogP contribution in [0.25, 0.3) is 0 Å². The van der Waals surface area contributed by atoms with Crippen molar-refractivity contribution in [3.05, 3.63) is 28.2 Å². The molecule has 0 aromatic heterocycles. The van der Waals surface area contributed by atoms with E-state index in [1.54, 1.807) is 4.90 Å². The van der Waals surface area contributed by atoms with Crippen LogP contribution in [-0.2, 0) is 4.74 Å². The van der Waals surface area contributed by atoms with Crippen LogP contribution < -0.4 is 4.90 Å². The molecule has 0 bridgehead atoms. The number of hydrogen-bond donors (Lipinski definition) is 1. The number of nitrogens with zero attached hydrogens (tertiary/aromatic N) is 1. The van der Waals surface area contributed by atoms with Gasteiger partial charge in [0.1, 0.15) is 0 Å². The number of cyclic esters (lactones) is 1. The molecule has 1 aromatic rings. The van der Waals surface area contributed by atoms with E-state index in [9.17, 15) is 4.79 Å². The number of ether oxygens (including phenoxy) is 1. The predicted octanol–water partition coefficient (Wildman–Crippen LogP) is 2.71. The summed E-state index contributed by atoms with van der Waals surface area (Å²) in [6.45, 7) is 3.09. The molecule has 5 heteroatoms. The molecule has 1 saturated heterocycles. The largest absolute Gasteiger partial charge is 0.449 e. The van der Waals surface area contributed by atoms with Crippen molar-refractivity contribution >= 4 is 27.7 Å². The third-order valence-electron chi connectivity index (χ3n) is 3.03. The van der Waals surface area contributed by atoms with Crippen LogP contribution >= 0.6 is 15.9 Å². The molecular weight excluding hydrogens is 298 g/mol. The minimum absolute atomic E-state index is 0.116. The van der Waals surface area contributed by atoms with Gasteiger partial charge in [-0.05, 0) is 47.0 Å². The SMILES string of the molecule is Cc1ccc(N2CC(CCO)COC2=O)c(Br)c1. The van der Waals surface area contributed by atoms with Gasteiger partial charge in [0.15, 0.2) is 0 Å². The summed E-state index contributed by atoms with van der Waals surface area (Å²) in [5.41, 5.74) is 1.94. The van der Waals surface area contributed by atoms with E-state index in [1.165, 1.54) is 0 Å². The van der Waals surface area contributed by atoms with E-state index >= 15 is 0 Å². The van der Waals surface area contributed by atoms with Gasteiger partial charge in [0.05, 0.1) is 12.3 Å².